The summed E-state index contributed by atoms with van der Waals surface area (Å²) >= 11 is 0. The summed E-state index contributed by atoms with van der Waals surface area (Å²) in [4.78, 5) is 40.6. The van der Waals surface area contributed by atoms with Crippen LogP contribution in [0.2, 0.25) is 0 Å². The van der Waals surface area contributed by atoms with E-state index in [1.54, 1.807) is 0 Å². The summed E-state index contributed by atoms with van der Waals surface area (Å²) in [5.74, 6) is 1.28. The molecular formula is C14H18N6O2. The molecule has 116 valence electrons. The summed E-state index contributed by atoms with van der Waals surface area (Å²) in [5, 5.41) is 0. The van der Waals surface area contributed by atoms with E-state index in [2.05, 4.69) is 24.8 Å². The Morgan fingerprint density at radius 3 is 2.09 bits per heavy atom. The summed E-state index contributed by atoms with van der Waals surface area (Å²) in [6.07, 6.45) is 0. The highest BCUT2D eigenvalue weighted by molar-refractivity contribution is 5.41. The fourth-order valence-corrected chi connectivity index (χ4v) is 2.62. The van der Waals surface area contributed by atoms with Crippen molar-refractivity contribution in [3.05, 3.63) is 44.4 Å². The Morgan fingerprint density at radius 1 is 0.909 bits per heavy atom. The van der Waals surface area contributed by atoms with Crippen LogP contribution in [0.5, 0.6) is 0 Å². The molecule has 0 saturated carbocycles. The predicted molar refractivity (Wildman–Crippen MR) is 83.6 cm³/mol. The van der Waals surface area contributed by atoms with Crippen molar-refractivity contribution in [1.82, 2.24) is 19.9 Å². The number of rotatable bonds is 2. The van der Waals surface area contributed by atoms with Crippen molar-refractivity contribution in [1.29, 1.82) is 0 Å². The molecule has 1 saturated heterocycles. The van der Waals surface area contributed by atoms with Crippen LogP contribution in [0, 0.1) is 13.8 Å². The Kier molecular flexibility index (Phi) is 3.66. The zero-order valence-electron chi connectivity index (χ0n) is 12.6. The van der Waals surface area contributed by atoms with Gasteiger partial charge in [-0.05, 0) is 19.9 Å². The largest absolute Gasteiger partial charge is 0.354 e. The van der Waals surface area contributed by atoms with E-state index in [1.807, 2.05) is 24.8 Å². The number of anilines is 2. The molecule has 0 radical (unpaired) electrons. The van der Waals surface area contributed by atoms with Gasteiger partial charge >= 0.3 is 5.69 Å². The van der Waals surface area contributed by atoms with E-state index >= 15 is 0 Å². The van der Waals surface area contributed by atoms with Crippen LogP contribution in [-0.4, -0.2) is 46.1 Å². The normalized spacial score (nSPS) is 15.2. The lowest BCUT2D eigenvalue weighted by Gasteiger charge is -2.35. The van der Waals surface area contributed by atoms with Crippen molar-refractivity contribution in [2.24, 2.45) is 0 Å². The summed E-state index contributed by atoms with van der Waals surface area (Å²) in [6, 6.07) is 3.35. The molecule has 0 amide bonds. The zero-order valence-corrected chi connectivity index (χ0v) is 12.6. The minimum atomic E-state index is -0.484. The van der Waals surface area contributed by atoms with Crippen LogP contribution in [-0.2, 0) is 0 Å². The summed E-state index contributed by atoms with van der Waals surface area (Å²) in [7, 11) is 0. The molecule has 0 bridgehead atoms. The number of hydrogen-bond donors (Lipinski definition) is 2. The molecule has 0 aliphatic carbocycles. The Labute approximate surface area is 126 Å². The lowest BCUT2D eigenvalue weighted by molar-refractivity contribution is 0.631. The van der Waals surface area contributed by atoms with E-state index in [4.69, 9.17) is 0 Å². The third-order valence-corrected chi connectivity index (χ3v) is 3.62. The third-order valence-electron chi connectivity index (χ3n) is 3.62. The van der Waals surface area contributed by atoms with E-state index in [9.17, 15) is 9.59 Å². The molecule has 2 aromatic heterocycles. The Bertz CT molecular complexity index is 740. The molecule has 22 heavy (non-hydrogen) atoms. The maximum atomic E-state index is 11.4. The van der Waals surface area contributed by atoms with Gasteiger partial charge in [-0.15, -0.1) is 0 Å². The first-order chi connectivity index (χ1) is 10.5. The maximum absolute atomic E-state index is 11.4. The van der Waals surface area contributed by atoms with Gasteiger partial charge in [-0.25, -0.2) is 14.8 Å². The Hall–Kier alpha value is -2.64. The fraction of sp³-hybridized carbons (Fsp3) is 0.429. The van der Waals surface area contributed by atoms with Gasteiger partial charge in [0.05, 0.1) is 0 Å². The fourth-order valence-electron chi connectivity index (χ4n) is 2.62. The number of aromatic amines is 2. The van der Waals surface area contributed by atoms with Gasteiger partial charge in [0, 0.05) is 43.6 Å². The number of aryl methyl sites for hydroxylation is 2. The van der Waals surface area contributed by atoms with Crippen LogP contribution in [0.25, 0.3) is 0 Å². The molecule has 1 fully saturated rings. The SMILES string of the molecule is Cc1cc(C)nc(N2CCN(c3cc(=O)[nH]c(=O)[nH]3)CC2)n1. The first kappa shape index (κ1) is 14.3. The molecular weight excluding hydrogens is 284 g/mol. The smallest absolute Gasteiger partial charge is 0.327 e. The second kappa shape index (κ2) is 5.63. The van der Waals surface area contributed by atoms with Crippen LogP contribution < -0.4 is 21.0 Å². The van der Waals surface area contributed by atoms with Gasteiger partial charge in [0.2, 0.25) is 5.95 Å². The minimum Gasteiger partial charge on any atom is -0.354 e. The molecule has 3 rings (SSSR count). The highest BCUT2D eigenvalue weighted by atomic mass is 16.2. The third kappa shape index (κ3) is 3.00. The number of piperazine rings is 1. The lowest BCUT2D eigenvalue weighted by atomic mass is 10.3. The maximum Gasteiger partial charge on any atom is 0.327 e. The van der Waals surface area contributed by atoms with Crippen molar-refractivity contribution in [2.45, 2.75) is 13.8 Å². The average molecular weight is 302 g/mol. The van der Waals surface area contributed by atoms with Crippen molar-refractivity contribution in [2.75, 3.05) is 36.0 Å². The topological polar surface area (TPSA) is 98.0 Å². The summed E-state index contributed by atoms with van der Waals surface area (Å²) in [6.45, 7) is 6.76. The predicted octanol–water partition coefficient (Wildman–Crippen LogP) is -0.203. The summed E-state index contributed by atoms with van der Waals surface area (Å²) < 4.78 is 0. The first-order valence-corrected chi connectivity index (χ1v) is 7.17. The minimum absolute atomic E-state index is 0.390. The molecule has 0 aromatic carbocycles. The van der Waals surface area contributed by atoms with E-state index in [0.717, 1.165) is 30.4 Å². The molecule has 1 aliphatic heterocycles. The quantitative estimate of drug-likeness (QED) is 0.797. The van der Waals surface area contributed by atoms with Gasteiger partial charge in [0.15, 0.2) is 0 Å². The van der Waals surface area contributed by atoms with Gasteiger partial charge < -0.3 is 9.80 Å². The van der Waals surface area contributed by atoms with E-state index in [1.165, 1.54) is 6.07 Å². The van der Waals surface area contributed by atoms with E-state index in [0.29, 0.717) is 18.9 Å². The molecule has 3 heterocycles. The van der Waals surface area contributed by atoms with Crippen LogP contribution in [0.1, 0.15) is 11.4 Å². The zero-order chi connectivity index (χ0) is 15.7. The van der Waals surface area contributed by atoms with Crippen LogP contribution in [0.15, 0.2) is 21.7 Å². The molecule has 0 atom stereocenters. The molecule has 0 spiro atoms. The second-order valence-corrected chi connectivity index (χ2v) is 5.40. The van der Waals surface area contributed by atoms with E-state index in [-0.39, 0.29) is 5.56 Å². The number of aromatic nitrogens is 4. The highest BCUT2D eigenvalue weighted by Gasteiger charge is 2.20. The van der Waals surface area contributed by atoms with Gasteiger partial charge in [-0.2, -0.15) is 0 Å². The Balaban J connectivity index is 1.74. The monoisotopic (exact) mass is 302 g/mol. The molecule has 1 aliphatic rings. The molecule has 2 aromatic rings. The average Bonchev–Trinajstić information content (AvgIpc) is 2.45. The van der Waals surface area contributed by atoms with Gasteiger partial charge in [0.1, 0.15) is 5.82 Å². The number of nitrogens with one attached hydrogen (secondary N) is 2. The standard InChI is InChI=1S/C14H18N6O2/c1-9-7-10(2)16-13(15-9)20-5-3-19(4-6-20)11-8-12(21)18-14(22)17-11/h7-8H,3-6H2,1-2H3,(H2,17,18,21,22). The molecule has 0 unspecified atom stereocenters. The van der Waals surface area contributed by atoms with E-state index < -0.39 is 5.69 Å². The van der Waals surface area contributed by atoms with Crippen molar-refractivity contribution in [3.63, 3.8) is 0 Å². The number of nitrogens with zero attached hydrogens (tertiary/aromatic N) is 4. The van der Waals surface area contributed by atoms with Crippen molar-refractivity contribution in [3.8, 4) is 0 Å². The first-order valence-electron chi connectivity index (χ1n) is 7.17. The second-order valence-electron chi connectivity index (χ2n) is 5.40. The molecule has 2 N–H and O–H groups in total. The Morgan fingerprint density at radius 2 is 1.50 bits per heavy atom. The highest BCUT2D eigenvalue weighted by Crippen LogP contribution is 2.15. The molecule has 8 heteroatoms. The summed E-state index contributed by atoms with van der Waals surface area (Å²) in [5.41, 5.74) is 1.02. The van der Waals surface area contributed by atoms with Gasteiger partial charge in [0.25, 0.3) is 5.56 Å². The van der Waals surface area contributed by atoms with Gasteiger partial charge in [-0.3, -0.25) is 14.8 Å². The lowest BCUT2D eigenvalue weighted by Crippen LogP contribution is -2.48. The van der Waals surface area contributed by atoms with Crippen LogP contribution in [0.4, 0.5) is 11.8 Å². The molecule has 8 nitrogen and oxygen atoms in total. The van der Waals surface area contributed by atoms with Crippen molar-refractivity contribution < 1.29 is 0 Å². The van der Waals surface area contributed by atoms with Crippen molar-refractivity contribution >= 4 is 11.8 Å². The van der Waals surface area contributed by atoms with Gasteiger partial charge in [-0.1, -0.05) is 0 Å². The number of H-pyrrole nitrogens is 2. The van der Waals surface area contributed by atoms with Crippen LogP contribution in [0.3, 0.4) is 0 Å². The number of hydrogen-bond acceptors (Lipinski definition) is 6. The van der Waals surface area contributed by atoms with Crippen LogP contribution >= 0.6 is 0 Å².